The van der Waals surface area contributed by atoms with Gasteiger partial charge in [-0.25, -0.2) is 0 Å². The van der Waals surface area contributed by atoms with E-state index in [1.807, 2.05) is 29.2 Å². The average Bonchev–Trinajstić information content (AvgIpc) is 2.45. The molecule has 3 nitrogen and oxygen atoms in total. The Kier molecular flexibility index (Phi) is 5.38. The summed E-state index contributed by atoms with van der Waals surface area (Å²) in [5, 5.41) is 0. The van der Waals surface area contributed by atoms with Crippen molar-refractivity contribution in [3.8, 4) is 0 Å². The fourth-order valence-electron chi connectivity index (χ4n) is 2.25. The minimum Gasteiger partial charge on any atom is -0.336 e. The normalized spacial score (nSPS) is 16.1. The number of hydrogen-bond donors (Lipinski definition) is 0. The highest BCUT2D eigenvalue weighted by Crippen LogP contribution is 2.14. The van der Waals surface area contributed by atoms with E-state index in [9.17, 15) is 4.79 Å². The Morgan fingerprint density at radius 2 is 1.95 bits per heavy atom. The van der Waals surface area contributed by atoms with Gasteiger partial charge in [-0.15, -0.1) is 0 Å². The molecule has 4 heteroatoms. The molecule has 1 aromatic rings. The zero-order valence-electron chi connectivity index (χ0n) is 12.1. The number of carbonyl (C=O) groups excluding carboxylic acids is 1. The predicted molar refractivity (Wildman–Crippen MR) is 85.9 cm³/mol. The van der Waals surface area contributed by atoms with E-state index in [2.05, 4.69) is 40.8 Å². The maximum absolute atomic E-state index is 12.4. The molecule has 0 spiro atoms. The number of rotatable bonds is 3. The summed E-state index contributed by atoms with van der Waals surface area (Å²) in [6.07, 6.45) is 2.24. The number of piperazine rings is 1. The van der Waals surface area contributed by atoms with E-state index in [1.54, 1.807) is 0 Å². The minimum absolute atomic E-state index is 0.133. The molecule has 20 heavy (non-hydrogen) atoms. The Hall–Kier alpha value is -1.13. The lowest BCUT2D eigenvalue weighted by atomic mass is 10.2. The van der Waals surface area contributed by atoms with Gasteiger partial charge in [0.2, 0.25) is 0 Å². The molecule has 1 amide bonds. The van der Waals surface area contributed by atoms with E-state index in [1.165, 1.54) is 5.57 Å². The first-order valence-electron chi connectivity index (χ1n) is 6.97. The molecular weight excluding hydrogens is 316 g/mol. The van der Waals surface area contributed by atoms with Gasteiger partial charge in [0.05, 0.1) is 0 Å². The van der Waals surface area contributed by atoms with E-state index in [0.717, 1.165) is 42.8 Å². The second kappa shape index (κ2) is 7.04. The number of amides is 1. The lowest BCUT2D eigenvalue weighted by Crippen LogP contribution is -2.48. The van der Waals surface area contributed by atoms with Crippen LogP contribution in [0.4, 0.5) is 0 Å². The van der Waals surface area contributed by atoms with E-state index in [0.29, 0.717) is 0 Å². The first kappa shape index (κ1) is 15.3. The third-order valence-corrected chi connectivity index (χ3v) is 3.98. The van der Waals surface area contributed by atoms with Crippen molar-refractivity contribution < 1.29 is 4.79 Å². The predicted octanol–water partition coefficient (Wildman–Crippen LogP) is 3.17. The second-order valence-electron chi connectivity index (χ2n) is 5.38. The molecule has 2 rings (SSSR count). The fourth-order valence-corrected chi connectivity index (χ4v) is 2.65. The first-order chi connectivity index (χ1) is 9.56. The average molecular weight is 337 g/mol. The van der Waals surface area contributed by atoms with Crippen LogP contribution in [0.3, 0.4) is 0 Å². The van der Waals surface area contributed by atoms with E-state index >= 15 is 0 Å². The van der Waals surface area contributed by atoms with Crippen LogP contribution in [-0.4, -0.2) is 48.4 Å². The Bertz CT molecular complexity index is 501. The Morgan fingerprint density at radius 3 is 2.55 bits per heavy atom. The van der Waals surface area contributed by atoms with Gasteiger partial charge in [0.15, 0.2) is 0 Å². The molecule has 108 valence electrons. The highest BCUT2D eigenvalue weighted by atomic mass is 79.9. The van der Waals surface area contributed by atoms with Gasteiger partial charge in [-0.1, -0.05) is 33.6 Å². The largest absolute Gasteiger partial charge is 0.336 e. The molecule has 0 atom stereocenters. The summed E-state index contributed by atoms with van der Waals surface area (Å²) >= 11 is 3.41. The van der Waals surface area contributed by atoms with Gasteiger partial charge in [-0.2, -0.15) is 0 Å². The maximum Gasteiger partial charge on any atom is 0.253 e. The van der Waals surface area contributed by atoms with Crippen molar-refractivity contribution >= 4 is 21.8 Å². The van der Waals surface area contributed by atoms with Gasteiger partial charge in [0.25, 0.3) is 5.91 Å². The molecular formula is C16H21BrN2O. The number of benzene rings is 1. The first-order valence-corrected chi connectivity index (χ1v) is 7.76. The molecule has 0 radical (unpaired) electrons. The van der Waals surface area contributed by atoms with Crippen molar-refractivity contribution in [2.75, 3.05) is 32.7 Å². The molecule has 1 fully saturated rings. The smallest absolute Gasteiger partial charge is 0.253 e. The van der Waals surface area contributed by atoms with Gasteiger partial charge < -0.3 is 4.90 Å². The van der Waals surface area contributed by atoms with Crippen LogP contribution in [-0.2, 0) is 0 Å². The molecule has 1 saturated heterocycles. The monoisotopic (exact) mass is 336 g/mol. The minimum atomic E-state index is 0.133. The van der Waals surface area contributed by atoms with Gasteiger partial charge in [0, 0.05) is 42.8 Å². The summed E-state index contributed by atoms with van der Waals surface area (Å²) < 4.78 is 0.950. The van der Waals surface area contributed by atoms with Gasteiger partial charge in [-0.05, 0) is 32.0 Å². The number of hydrogen-bond acceptors (Lipinski definition) is 2. The Balaban J connectivity index is 1.90. The van der Waals surface area contributed by atoms with Crippen LogP contribution < -0.4 is 0 Å². The molecule has 0 bridgehead atoms. The Morgan fingerprint density at radius 1 is 1.25 bits per heavy atom. The number of nitrogens with zero attached hydrogens (tertiary/aromatic N) is 2. The summed E-state index contributed by atoms with van der Waals surface area (Å²) in [7, 11) is 0. The van der Waals surface area contributed by atoms with Crippen LogP contribution >= 0.6 is 15.9 Å². The standard InChI is InChI=1S/C16H21BrN2O/c1-13(2)6-7-18-8-10-19(11-9-18)16(20)14-4-3-5-15(17)12-14/h3-6,12H,7-11H2,1-2H3. The quantitative estimate of drug-likeness (QED) is 0.791. The van der Waals surface area contributed by atoms with Crippen molar-refractivity contribution in [1.82, 2.24) is 9.80 Å². The molecule has 0 aliphatic carbocycles. The van der Waals surface area contributed by atoms with Crippen LogP contribution in [0.1, 0.15) is 24.2 Å². The summed E-state index contributed by atoms with van der Waals surface area (Å²) in [5.41, 5.74) is 2.11. The second-order valence-corrected chi connectivity index (χ2v) is 6.30. The number of allylic oxidation sites excluding steroid dienone is 1. The maximum atomic E-state index is 12.4. The highest BCUT2D eigenvalue weighted by Gasteiger charge is 2.21. The zero-order valence-corrected chi connectivity index (χ0v) is 13.7. The molecule has 1 aliphatic rings. The Labute approximate surface area is 129 Å². The lowest BCUT2D eigenvalue weighted by molar-refractivity contribution is 0.0650. The summed E-state index contributed by atoms with van der Waals surface area (Å²) in [6.45, 7) is 8.73. The van der Waals surface area contributed by atoms with Crippen molar-refractivity contribution in [1.29, 1.82) is 0 Å². The van der Waals surface area contributed by atoms with Crippen LogP contribution in [0.2, 0.25) is 0 Å². The highest BCUT2D eigenvalue weighted by molar-refractivity contribution is 9.10. The SMILES string of the molecule is CC(C)=CCN1CCN(C(=O)c2cccc(Br)c2)CC1. The molecule has 1 aliphatic heterocycles. The molecule has 0 aromatic heterocycles. The van der Waals surface area contributed by atoms with Gasteiger partial charge >= 0.3 is 0 Å². The molecule has 1 heterocycles. The van der Waals surface area contributed by atoms with Crippen LogP contribution in [0.15, 0.2) is 40.4 Å². The topological polar surface area (TPSA) is 23.6 Å². The van der Waals surface area contributed by atoms with Crippen molar-refractivity contribution in [3.05, 3.63) is 46.0 Å². The summed E-state index contributed by atoms with van der Waals surface area (Å²) in [5.74, 6) is 0.133. The van der Waals surface area contributed by atoms with Crippen LogP contribution in [0.25, 0.3) is 0 Å². The third-order valence-electron chi connectivity index (χ3n) is 3.49. The molecule has 0 saturated carbocycles. The lowest BCUT2D eigenvalue weighted by Gasteiger charge is -2.34. The van der Waals surface area contributed by atoms with E-state index in [4.69, 9.17) is 0 Å². The van der Waals surface area contributed by atoms with Gasteiger partial charge in [-0.3, -0.25) is 9.69 Å². The number of halogens is 1. The fraction of sp³-hybridized carbons (Fsp3) is 0.438. The number of carbonyl (C=O) groups is 1. The summed E-state index contributed by atoms with van der Waals surface area (Å²) in [4.78, 5) is 16.7. The van der Waals surface area contributed by atoms with Crippen LogP contribution in [0.5, 0.6) is 0 Å². The van der Waals surface area contributed by atoms with Crippen molar-refractivity contribution in [3.63, 3.8) is 0 Å². The molecule has 1 aromatic carbocycles. The third kappa shape index (κ3) is 4.18. The molecule has 0 unspecified atom stereocenters. The van der Waals surface area contributed by atoms with Crippen molar-refractivity contribution in [2.45, 2.75) is 13.8 Å². The van der Waals surface area contributed by atoms with Gasteiger partial charge in [0.1, 0.15) is 0 Å². The van der Waals surface area contributed by atoms with Crippen LogP contribution in [0, 0.1) is 0 Å². The van der Waals surface area contributed by atoms with Crippen molar-refractivity contribution in [2.24, 2.45) is 0 Å². The van der Waals surface area contributed by atoms with E-state index < -0.39 is 0 Å². The summed E-state index contributed by atoms with van der Waals surface area (Å²) in [6, 6.07) is 7.61. The zero-order chi connectivity index (χ0) is 14.5. The molecule has 0 N–H and O–H groups in total. The van der Waals surface area contributed by atoms with E-state index in [-0.39, 0.29) is 5.91 Å².